The Labute approximate surface area is 47.6 Å². The second-order valence-electron chi connectivity index (χ2n) is 1.73. The molecule has 3 N–H and O–H groups in total. The van der Waals surface area contributed by atoms with Crippen LogP contribution in [0.4, 0.5) is 0 Å². The van der Waals surface area contributed by atoms with Gasteiger partial charge < -0.3 is 11.1 Å². The zero-order valence-corrected chi connectivity index (χ0v) is 4.42. The van der Waals surface area contributed by atoms with Crippen molar-refractivity contribution in [3.63, 3.8) is 0 Å². The van der Waals surface area contributed by atoms with Gasteiger partial charge >= 0.3 is 0 Å². The standard InChI is InChI=1S/C5H8N2O/c6-4-2-1-3-5(8)7-4/h1-2,4H,3,6H2,(H,7,8). The van der Waals surface area contributed by atoms with Crippen LogP contribution in [0.25, 0.3) is 0 Å². The lowest BCUT2D eigenvalue weighted by atomic mass is 10.2. The second-order valence-corrected chi connectivity index (χ2v) is 1.73. The van der Waals surface area contributed by atoms with E-state index in [1.54, 1.807) is 12.2 Å². The quantitative estimate of drug-likeness (QED) is 0.409. The molecule has 3 heteroatoms. The van der Waals surface area contributed by atoms with Crippen molar-refractivity contribution in [3.8, 4) is 0 Å². The highest BCUT2D eigenvalue weighted by atomic mass is 16.1. The van der Waals surface area contributed by atoms with Gasteiger partial charge in [-0.15, -0.1) is 0 Å². The van der Waals surface area contributed by atoms with Crippen LogP contribution in [0.1, 0.15) is 6.42 Å². The maximum atomic E-state index is 10.4. The van der Waals surface area contributed by atoms with Crippen molar-refractivity contribution in [2.45, 2.75) is 12.6 Å². The Balaban J connectivity index is 2.54. The van der Waals surface area contributed by atoms with Gasteiger partial charge in [-0.3, -0.25) is 4.79 Å². The monoisotopic (exact) mass is 112 g/mol. The van der Waals surface area contributed by atoms with Gasteiger partial charge in [0.1, 0.15) is 0 Å². The van der Waals surface area contributed by atoms with Gasteiger partial charge in [-0.2, -0.15) is 0 Å². The summed E-state index contributed by atoms with van der Waals surface area (Å²) in [6.07, 6.45) is 3.73. The maximum absolute atomic E-state index is 10.4. The molecular formula is C5H8N2O. The molecule has 0 aromatic carbocycles. The van der Waals surface area contributed by atoms with Crippen molar-refractivity contribution in [1.29, 1.82) is 0 Å². The van der Waals surface area contributed by atoms with Crippen LogP contribution in [0, 0.1) is 0 Å². The fourth-order valence-corrected chi connectivity index (χ4v) is 0.615. The first-order valence-corrected chi connectivity index (χ1v) is 2.50. The normalized spacial score (nSPS) is 27.6. The molecule has 1 atom stereocenters. The summed E-state index contributed by atoms with van der Waals surface area (Å²) in [5, 5.41) is 2.53. The summed E-state index contributed by atoms with van der Waals surface area (Å²) in [5.41, 5.74) is 5.31. The van der Waals surface area contributed by atoms with Gasteiger partial charge in [0.2, 0.25) is 5.91 Å². The van der Waals surface area contributed by atoms with E-state index in [0.29, 0.717) is 6.42 Å². The first-order chi connectivity index (χ1) is 3.79. The molecule has 1 unspecified atom stereocenters. The molecule has 0 aromatic rings. The molecule has 0 fully saturated rings. The van der Waals surface area contributed by atoms with Gasteiger partial charge in [0.25, 0.3) is 0 Å². The molecule has 0 spiro atoms. The van der Waals surface area contributed by atoms with E-state index in [4.69, 9.17) is 5.73 Å². The van der Waals surface area contributed by atoms with E-state index in [-0.39, 0.29) is 12.1 Å². The van der Waals surface area contributed by atoms with Crippen LogP contribution in [-0.4, -0.2) is 12.1 Å². The molecule has 8 heavy (non-hydrogen) atoms. The Bertz CT molecular complexity index is 130. The highest BCUT2D eigenvalue weighted by molar-refractivity contribution is 5.79. The first-order valence-electron chi connectivity index (χ1n) is 2.50. The summed E-state index contributed by atoms with van der Waals surface area (Å²) in [7, 11) is 0. The van der Waals surface area contributed by atoms with Gasteiger partial charge in [0.05, 0.1) is 6.17 Å². The fraction of sp³-hybridized carbons (Fsp3) is 0.400. The largest absolute Gasteiger partial charge is 0.337 e. The maximum Gasteiger partial charge on any atom is 0.225 e. The minimum atomic E-state index is -0.267. The van der Waals surface area contributed by atoms with Gasteiger partial charge in [-0.1, -0.05) is 12.2 Å². The molecule has 0 aliphatic carbocycles. The Morgan fingerprint density at radius 1 is 1.88 bits per heavy atom. The predicted octanol–water partition coefficient (Wildman–Crippen LogP) is -0.653. The van der Waals surface area contributed by atoms with E-state index in [9.17, 15) is 4.79 Å². The van der Waals surface area contributed by atoms with Crippen LogP contribution in [0.5, 0.6) is 0 Å². The number of rotatable bonds is 0. The minimum absolute atomic E-state index is 0.000000000000000222. The Hall–Kier alpha value is -0.830. The van der Waals surface area contributed by atoms with Crippen molar-refractivity contribution < 1.29 is 4.79 Å². The topological polar surface area (TPSA) is 55.1 Å². The number of hydrogen-bond donors (Lipinski definition) is 2. The lowest BCUT2D eigenvalue weighted by molar-refractivity contribution is -0.120. The van der Waals surface area contributed by atoms with Gasteiger partial charge in [0, 0.05) is 6.42 Å². The van der Waals surface area contributed by atoms with Crippen molar-refractivity contribution in [2.75, 3.05) is 0 Å². The van der Waals surface area contributed by atoms with E-state index in [1.165, 1.54) is 0 Å². The molecule has 1 rings (SSSR count). The minimum Gasteiger partial charge on any atom is -0.337 e. The molecule has 0 saturated carbocycles. The molecule has 0 radical (unpaired) electrons. The number of amides is 1. The third-order valence-corrected chi connectivity index (χ3v) is 0.974. The Morgan fingerprint density at radius 3 is 3.00 bits per heavy atom. The Morgan fingerprint density at radius 2 is 2.62 bits per heavy atom. The second kappa shape index (κ2) is 1.96. The van der Waals surface area contributed by atoms with E-state index < -0.39 is 0 Å². The number of carbonyl (C=O) groups excluding carboxylic acids is 1. The summed E-state index contributed by atoms with van der Waals surface area (Å²) in [6.45, 7) is 0. The van der Waals surface area contributed by atoms with Gasteiger partial charge in [0.15, 0.2) is 0 Å². The molecule has 0 bridgehead atoms. The molecule has 1 aliphatic rings. The Kier molecular flexibility index (Phi) is 1.30. The van der Waals surface area contributed by atoms with Crippen LogP contribution in [0.3, 0.4) is 0 Å². The van der Waals surface area contributed by atoms with Crippen LogP contribution in [0.2, 0.25) is 0 Å². The third kappa shape index (κ3) is 1.07. The van der Waals surface area contributed by atoms with Crippen LogP contribution >= 0.6 is 0 Å². The van der Waals surface area contributed by atoms with Gasteiger partial charge in [-0.05, 0) is 0 Å². The summed E-state index contributed by atoms with van der Waals surface area (Å²) in [4.78, 5) is 10.4. The highest BCUT2D eigenvalue weighted by Gasteiger charge is 2.06. The average molecular weight is 112 g/mol. The first kappa shape index (κ1) is 5.31. The van der Waals surface area contributed by atoms with E-state index in [1.807, 2.05) is 0 Å². The molecule has 44 valence electrons. The number of carbonyl (C=O) groups is 1. The molecule has 1 heterocycles. The van der Waals surface area contributed by atoms with Crippen LogP contribution < -0.4 is 11.1 Å². The number of nitrogens with two attached hydrogens (primary N) is 1. The van der Waals surface area contributed by atoms with Crippen molar-refractivity contribution >= 4 is 5.91 Å². The smallest absolute Gasteiger partial charge is 0.225 e. The molecular weight excluding hydrogens is 104 g/mol. The number of hydrogen-bond acceptors (Lipinski definition) is 2. The molecule has 1 aliphatic heterocycles. The molecule has 0 aromatic heterocycles. The van der Waals surface area contributed by atoms with E-state index in [0.717, 1.165) is 0 Å². The van der Waals surface area contributed by atoms with Crippen molar-refractivity contribution in [2.24, 2.45) is 5.73 Å². The van der Waals surface area contributed by atoms with E-state index >= 15 is 0 Å². The number of nitrogens with one attached hydrogen (secondary N) is 1. The van der Waals surface area contributed by atoms with Crippen LogP contribution in [0.15, 0.2) is 12.2 Å². The summed E-state index contributed by atoms with van der Waals surface area (Å²) < 4.78 is 0. The van der Waals surface area contributed by atoms with Crippen molar-refractivity contribution in [1.82, 2.24) is 5.32 Å². The fourth-order valence-electron chi connectivity index (χ4n) is 0.615. The van der Waals surface area contributed by atoms with E-state index in [2.05, 4.69) is 5.32 Å². The summed E-state index contributed by atoms with van der Waals surface area (Å²) in [6, 6.07) is 0. The van der Waals surface area contributed by atoms with Gasteiger partial charge in [-0.25, -0.2) is 0 Å². The predicted molar refractivity (Wildman–Crippen MR) is 29.9 cm³/mol. The molecule has 0 saturated heterocycles. The zero-order valence-electron chi connectivity index (χ0n) is 4.42. The lowest BCUT2D eigenvalue weighted by Gasteiger charge is -2.11. The summed E-state index contributed by atoms with van der Waals surface area (Å²) >= 11 is 0. The van der Waals surface area contributed by atoms with Crippen molar-refractivity contribution in [3.05, 3.63) is 12.2 Å². The van der Waals surface area contributed by atoms with Crippen LogP contribution in [-0.2, 0) is 4.79 Å². The summed E-state index contributed by atoms with van der Waals surface area (Å²) in [5.74, 6) is 0.000000000000000222. The lowest BCUT2D eigenvalue weighted by Crippen LogP contribution is -2.41. The molecule has 1 amide bonds. The average Bonchev–Trinajstić information content (AvgIpc) is 1.64. The molecule has 3 nitrogen and oxygen atoms in total. The SMILES string of the molecule is NC1C=CCC(=O)N1. The zero-order chi connectivity index (χ0) is 5.98. The highest BCUT2D eigenvalue weighted by Crippen LogP contribution is 1.91. The third-order valence-electron chi connectivity index (χ3n) is 0.974.